The zero-order valence-electron chi connectivity index (χ0n) is 15.8. The molecule has 0 fully saturated rings. The highest BCUT2D eigenvalue weighted by atomic mass is 32.2. The molecule has 5 rings (SSSR count). The monoisotopic (exact) mass is 453 g/mol. The summed E-state index contributed by atoms with van der Waals surface area (Å²) in [5.74, 6) is -0.565. The van der Waals surface area contributed by atoms with Gasteiger partial charge in [-0.2, -0.15) is 0 Å². The summed E-state index contributed by atoms with van der Waals surface area (Å²) in [4.78, 5) is 18.7. The lowest BCUT2D eigenvalue weighted by molar-refractivity contribution is 0.427. The van der Waals surface area contributed by atoms with Crippen LogP contribution in [0, 0.1) is 11.6 Å². The Balaban J connectivity index is 1.56. The van der Waals surface area contributed by atoms with E-state index in [9.17, 15) is 13.6 Å². The first-order valence-corrected chi connectivity index (χ1v) is 11.1. The molecule has 0 aliphatic heterocycles. The van der Waals surface area contributed by atoms with Gasteiger partial charge in [-0.15, -0.1) is 11.3 Å². The van der Waals surface area contributed by atoms with E-state index in [1.165, 1.54) is 33.7 Å². The molecule has 154 valence electrons. The Hall–Kier alpha value is -3.30. The van der Waals surface area contributed by atoms with E-state index < -0.39 is 17.2 Å². The molecule has 3 aromatic heterocycles. The minimum Gasteiger partial charge on any atom is -0.355 e. The first kappa shape index (κ1) is 19.7. The van der Waals surface area contributed by atoms with Gasteiger partial charge >= 0.3 is 0 Å². The Morgan fingerprint density at radius 2 is 1.94 bits per heavy atom. The fourth-order valence-corrected chi connectivity index (χ4v) is 4.70. The van der Waals surface area contributed by atoms with Gasteiger partial charge in [0.2, 0.25) is 0 Å². The molecule has 2 aromatic carbocycles. The third-order valence-electron chi connectivity index (χ3n) is 4.57. The van der Waals surface area contributed by atoms with Crippen LogP contribution in [0.15, 0.2) is 80.5 Å². The van der Waals surface area contributed by atoms with Crippen LogP contribution in [-0.2, 0) is 5.75 Å². The summed E-state index contributed by atoms with van der Waals surface area (Å²) in [5.41, 5.74) is 0.653. The highest BCUT2D eigenvalue weighted by molar-refractivity contribution is 7.98. The second-order valence-electron chi connectivity index (χ2n) is 6.60. The van der Waals surface area contributed by atoms with Crippen LogP contribution in [-0.4, -0.2) is 14.7 Å². The van der Waals surface area contributed by atoms with Gasteiger partial charge in [-0.05, 0) is 35.7 Å². The third-order valence-corrected chi connectivity index (χ3v) is 6.42. The summed E-state index contributed by atoms with van der Waals surface area (Å²) >= 11 is 2.76. The number of nitrogens with zero attached hydrogens (tertiary/aromatic N) is 3. The molecule has 5 aromatic rings. The number of hydrogen-bond donors (Lipinski definition) is 0. The van der Waals surface area contributed by atoms with Gasteiger partial charge in [-0.1, -0.05) is 35.1 Å². The van der Waals surface area contributed by atoms with Crippen molar-refractivity contribution in [3.05, 3.63) is 93.7 Å². The molecule has 9 heteroatoms. The number of halogens is 2. The van der Waals surface area contributed by atoms with E-state index in [0.29, 0.717) is 28.1 Å². The average molecular weight is 453 g/mol. The quantitative estimate of drug-likeness (QED) is 0.253. The van der Waals surface area contributed by atoms with Gasteiger partial charge in [0, 0.05) is 17.9 Å². The number of para-hydroxylation sites is 1. The van der Waals surface area contributed by atoms with Crippen LogP contribution in [0.5, 0.6) is 0 Å². The Bertz CT molecular complexity index is 1450. The van der Waals surface area contributed by atoms with E-state index in [-0.39, 0.29) is 10.8 Å². The molecule has 0 bridgehead atoms. The molecule has 0 radical (unpaired) electrons. The van der Waals surface area contributed by atoms with Crippen LogP contribution in [0.4, 0.5) is 8.78 Å². The number of thioether (sulfide) groups is 1. The lowest BCUT2D eigenvalue weighted by Crippen LogP contribution is -2.22. The van der Waals surface area contributed by atoms with Crippen molar-refractivity contribution in [2.45, 2.75) is 10.9 Å². The molecule has 3 heterocycles. The summed E-state index contributed by atoms with van der Waals surface area (Å²) in [7, 11) is 0. The van der Waals surface area contributed by atoms with Gasteiger partial charge in [0.25, 0.3) is 5.56 Å². The highest BCUT2D eigenvalue weighted by Crippen LogP contribution is 2.29. The average Bonchev–Trinajstić information content (AvgIpc) is 3.45. The summed E-state index contributed by atoms with van der Waals surface area (Å²) in [6, 6.07) is 15.6. The number of rotatable bonds is 5. The Labute approximate surface area is 183 Å². The SMILES string of the molecule is O=c1c2ccccc2nc(SCc2cc(-c3cccs3)on2)n1-c1ccc(F)cc1F. The summed E-state index contributed by atoms with van der Waals surface area (Å²) in [6.07, 6.45) is 0. The highest BCUT2D eigenvalue weighted by Gasteiger charge is 2.17. The van der Waals surface area contributed by atoms with Gasteiger partial charge in [-0.3, -0.25) is 9.36 Å². The molecule has 0 saturated heterocycles. The summed E-state index contributed by atoms with van der Waals surface area (Å²) in [6.45, 7) is 0. The Morgan fingerprint density at radius 1 is 1.06 bits per heavy atom. The minimum atomic E-state index is -0.845. The maximum absolute atomic E-state index is 14.6. The molecule has 0 saturated carbocycles. The zero-order valence-corrected chi connectivity index (χ0v) is 17.4. The number of thiophene rings is 1. The van der Waals surface area contributed by atoms with Crippen LogP contribution in [0.2, 0.25) is 0 Å². The second kappa shape index (κ2) is 8.09. The van der Waals surface area contributed by atoms with E-state index in [1.54, 1.807) is 24.3 Å². The van der Waals surface area contributed by atoms with Gasteiger partial charge in [0.1, 0.15) is 11.6 Å². The van der Waals surface area contributed by atoms with E-state index in [2.05, 4.69) is 10.1 Å². The molecule has 0 aliphatic carbocycles. The molecule has 5 nitrogen and oxygen atoms in total. The van der Waals surface area contributed by atoms with Crippen molar-refractivity contribution < 1.29 is 13.3 Å². The first-order chi connectivity index (χ1) is 15.1. The van der Waals surface area contributed by atoms with Crippen LogP contribution >= 0.6 is 23.1 Å². The number of hydrogen-bond acceptors (Lipinski definition) is 6. The lowest BCUT2D eigenvalue weighted by Gasteiger charge is -2.13. The maximum atomic E-state index is 14.6. The van der Waals surface area contributed by atoms with E-state index in [0.717, 1.165) is 17.0 Å². The molecular formula is C22H13F2N3O2S2. The minimum absolute atomic E-state index is 0.0634. The van der Waals surface area contributed by atoms with Gasteiger partial charge in [0.05, 0.1) is 27.2 Å². The van der Waals surface area contributed by atoms with Gasteiger partial charge in [0.15, 0.2) is 10.9 Å². The smallest absolute Gasteiger partial charge is 0.266 e. The van der Waals surface area contributed by atoms with E-state index >= 15 is 0 Å². The van der Waals surface area contributed by atoms with Gasteiger partial charge < -0.3 is 4.52 Å². The molecule has 0 aliphatic rings. The standard InChI is InChI=1S/C22H13F2N3O2S2/c23-13-7-8-18(16(24)10-13)27-21(28)15-4-1-2-5-17(15)25-22(27)31-12-14-11-19(29-26-14)20-6-3-9-30-20/h1-11H,12H2. The largest absolute Gasteiger partial charge is 0.355 e. The topological polar surface area (TPSA) is 60.9 Å². The summed E-state index contributed by atoms with van der Waals surface area (Å²) < 4.78 is 34.6. The predicted molar refractivity (Wildman–Crippen MR) is 117 cm³/mol. The van der Waals surface area contributed by atoms with E-state index in [1.807, 2.05) is 23.6 Å². The van der Waals surface area contributed by atoms with Crippen molar-refractivity contribution in [2.24, 2.45) is 0 Å². The van der Waals surface area contributed by atoms with Crippen molar-refractivity contribution in [3.8, 4) is 16.3 Å². The maximum Gasteiger partial charge on any atom is 0.266 e. The molecule has 0 unspecified atom stereocenters. The fraction of sp³-hybridized carbons (Fsp3) is 0.0455. The summed E-state index contributed by atoms with van der Waals surface area (Å²) in [5, 5.41) is 6.64. The second-order valence-corrected chi connectivity index (χ2v) is 8.49. The van der Waals surface area contributed by atoms with Crippen LogP contribution in [0.3, 0.4) is 0 Å². The van der Waals surface area contributed by atoms with Crippen molar-refractivity contribution in [1.82, 2.24) is 14.7 Å². The van der Waals surface area contributed by atoms with E-state index in [4.69, 9.17) is 4.52 Å². The number of aromatic nitrogens is 3. The molecule has 31 heavy (non-hydrogen) atoms. The molecular weight excluding hydrogens is 440 g/mol. The van der Waals surface area contributed by atoms with Crippen LogP contribution in [0.25, 0.3) is 27.2 Å². The molecule has 0 atom stereocenters. The third kappa shape index (κ3) is 3.77. The lowest BCUT2D eigenvalue weighted by atomic mass is 10.2. The molecule has 0 spiro atoms. The van der Waals surface area contributed by atoms with Crippen LogP contribution < -0.4 is 5.56 Å². The molecule has 0 N–H and O–H groups in total. The first-order valence-electron chi connectivity index (χ1n) is 9.19. The zero-order chi connectivity index (χ0) is 21.4. The van der Waals surface area contributed by atoms with Crippen molar-refractivity contribution in [1.29, 1.82) is 0 Å². The number of fused-ring (bicyclic) bond motifs is 1. The van der Waals surface area contributed by atoms with Crippen molar-refractivity contribution >= 4 is 34.0 Å². The Kier molecular flexibility index (Phi) is 5.13. The van der Waals surface area contributed by atoms with Gasteiger partial charge in [-0.25, -0.2) is 13.8 Å². The number of benzene rings is 2. The van der Waals surface area contributed by atoms with Crippen LogP contribution in [0.1, 0.15) is 5.69 Å². The fourth-order valence-electron chi connectivity index (χ4n) is 3.14. The predicted octanol–water partition coefficient (Wildman–Crippen LogP) is 5.67. The van der Waals surface area contributed by atoms with Crippen molar-refractivity contribution in [3.63, 3.8) is 0 Å². The molecule has 0 amide bonds. The van der Waals surface area contributed by atoms with Crippen molar-refractivity contribution in [2.75, 3.05) is 0 Å². The Morgan fingerprint density at radius 3 is 2.74 bits per heavy atom. The normalized spacial score (nSPS) is 11.3.